The Morgan fingerprint density at radius 3 is 2.51 bits per heavy atom. The Kier molecular flexibility index (Phi) is 5.67. The number of fused-ring (bicyclic) bond motifs is 1. The number of hydrogen-bond acceptors (Lipinski definition) is 7. The molecule has 1 aliphatic heterocycles. The zero-order valence-electron chi connectivity index (χ0n) is 19.7. The number of aliphatic hydroxyl groups is 1. The van der Waals surface area contributed by atoms with Gasteiger partial charge in [-0.25, -0.2) is 9.37 Å². The number of aromatic nitrogens is 2. The van der Waals surface area contributed by atoms with Crippen LogP contribution in [-0.4, -0.2) is 45.8 Å². The Morgan fingerprint density at radius 2 is 1.84 bits per heavy atom. The van der Waals surface area contributed by atoms with Crippen molar-refractivity contribution in [2.24, 2.45) is 0 Å². The molecule has 37 heavy (non-hydrogen) atoms. The summed E-state index contributed by atoms with van der Waals surface area (Å²) in [4.78, 5) is 47.5. The number of nitrogens with one attached hydrogen (secondary N) is 1. The summed E-state index contributed by atoms with van der Waals surface area (Å²) in [5.74, 6) is -3.03. The van der Waals surface area contributed by atoms with Crippen molar-refractivity contribution < 1.29 is 24.0 Å². The van der Waals surface area contributed by atoms with Crippen LogP contribution in [0.3, 0.4) is 0 Å². The van der Waals surface area contributed by atoms with Gasteiger partial charge in [-0.1, -0.05) is 24.3 Å². The second-order valence-corrected chi connectivity index (χ2v) is 8.68. The number of nitro groups is 1. The minimum absolute atomic E-state index is 0.00814. The lowest BCUT2D eigenvalue weighted by Gasteiger charge is -2.23. The number of carbonyl (C=O) groups is 2. The van der Waals surface area contributed by atoms with Crippen LogP contribution < -0.4 is 9.80 Å². The summed E-state index contributed by atoms with van der Waals surface area (Å²) in [5, 5.41) is 22.5. The van der Waals surface area contributed by atoms with Crippen LogP contribution in [0.2, 0.25) is 0 Å². The van der Waals surface area contributed by atoms with Crippen LogP contribution in [0.1, 0.15) is 17.2 Å². The van der Waals surface area contributed by atoms with E-state index < -0.39 is 34.2 Å². The standard InChI is InChI=1S/C26H20FN5O5/c1-30(2)17-9-6-14(7-10-17)22-21(23(33)15-4-3-5-18(12-15)32(36)37)24(34)25(35)31(22)26-28-19-11-8-16(27)13-20(19)29-26/h3-13,22,33H,1-2H3,(H,28,29)/b23-21+. The Bertz CT molecular complexity index is 1610. The number of nitro benzene ring substituents is 1. The summed E-state index contributed by atoms with van der Waals surface area (Å²) < 4.78 is 13.8. The molecule has 1 fully saturated rings. The van der Waals surface area contributed by atoms with Gasteiger partial charge in [0.2, 0.25) is 5.95 Å². The van der Waals surface area contributed by atoms with Gasteiger partial charge in [0, 0.05) is 37.5 Å². The topological polar surface area (TPSA) is 133 Å². The van der Waals surface area contributed by atoms with Crippen LogP contribution in [0.5, 0.6) is 0 Å². The molecule has 186 valence electrons. The number of H-pyrrole nitrogens is 1. The number of ketones is 1. The molecule has 0 aliphatic carbocycles. The van der Waals surface area contributed by atoms with E-state index in [-0.39, 0.29) is 22.8 Å². The van der Waals surface area contributed by atoms with Crippen molar-refractivity contribution in [3.8, 4) is 0 Å². The first kappa shape index (κ1) is 23.7. The predicted octanol–water partition coefficient (Wildman–Crippen LogP) is 4.30. The van der Waals surface area contributed by atoms with Gasteiger partial charge in [-0.15, -0.1) is 0 Å². The minimum Gasteiger partial charge on any atom is -0.507 e. The minimum atomic E-state index is -1.11. The number of imidazole rings is 1. The smallest absolute Gasteiger partial charge is 0.302 e. The fraction of sp³-hybridized carbons (Fsp3) is 0.115. The number of Topliss-reactive ketones (excluding diaryl/α,β-unsaturated/α-hetero) is 1. The van der Waals surface area contributed by atoms with Crippen molar-refractivity contribution in [3.63, 3.8) is 0 Å². The second-order valence-electron chi connectivity index (χ2n) is 8.68. The second kappa shape index (κ2) is 8.86. The van der Waals surface area contributed by atoms with E-state index in [2.05, 4.69) is 9.97 Å². The number of aliphatic hydroxyl groups excluding tert-OH is 1. The van der Waals surface area contributed by atoms with Crippen molar-refractivity contribution in [1.82, 2.24) is 9.97 Å². The number of carbonyl (C=O) groups excluding carboxylic acids is 2. The molecule has 11 heteroatoms. The lowest BCUT2D eigenvalue weighted by Crippen LogP contribution is -2.30. The van der Waals surface area contributed by atoms with Gasteiger partial charge < -0.3 is 15.0 Å². The Morgan fingerprint density at radius 1 is 1.11 bits per heavy atom. The molecule has 0 radical (unpaired) electrons. The Hall–Kier alpha value is -5.06. The van der Waals surface area contributed by atoms with Crippen molar-refractivity contribution in [2.75, 3.05) is 23.9 Å². The molecule has 4 aromatic rings. The molecule has 1 atom stereocenters. The lowest BCUT2D eigenvalue weighted by atomic mass is 9.95. The van der Waals surface area contributed by atoms with Gasteiger partial charge in [0.25, 0.3) is 11.5 Å². The zero-order valence-corrected chi connectivity index (χ0v) is 19.7. The maximum Gasteiger partial charge on any atom is 0.302 e. The van der Waals surface area contributed by atoms with E-state index in [0.717, 1.165) is 16.7 Å². The van der Waals surface area contributed by atoms with Gasteiger partial charge >= 0.3 is 5.91 Å². The highest BCUT2D eigenvalue weighted by molar-refractivity contribution is 6.51. The normalized spacial score (nSPS) is 16.9. The van der Waals surface area contributed by atoms with Crippen molar-refractivity contribution >= 4 is 45.8 Å². The van der Waals surface area contributed by atoms with E-state index in [0.29, 0.717) is 16.6 Å². The molecule has 1 aromatic heterocycles. The number of benzene rings is 3. The molecule has 10 nitrogen and oxygen atoms in total. The third kappa shape index (κ3) is 4.05. The fourth-order valence-corrected chi connectivity index (χ4v) is 4.33. The van der Waals surface area contributed by atoms with E-state index in [4.69, 9.17) is 0 Å². The number of anilines is 2. The summed E-state index contributed by atoms with van der Waals surface area (Å²) in [5.41, 5.74) is 1.51. The first-order valence-corrected chi connectivity index (χ1v) is 11.1. The number of rotatable bonds is 5. The van der Waals surface area contributed by atoms with Gasteiger partial charge in [0.1, 0.15) is 11.6 Å². The van der Waals surface area contributed by atoms with Gasteiger partial charge in [-0.3, -0.25) is 24.6 Å². The highest BCUT2D eigenvalue weighted by Crippen LogP contribution is 2.42. The van der Waals surface area contributed by atoms with E-state index in [9.17, 15) is 29.2 Å². The van der Waals surface area contributed by atoms with Crippen molar-refractivity contribution in [1.29, 1.82) is 0 Å². The maximum atomic E-state index is 13.8. The molecular weight excluding hydrogens is 481 g/mol. The highest BCUT2D eigenvalue weighted by Gasteiger charge is 2.48. The van der Waals surface area contributed by atoms with E-state index >= 15 is 0 Å². The van der Waals surface area contributed by atoms with Crippen LogP contribution in [0.4, 0.5) is 21.7 Å². The van der Waals surface area contributed by atoms with Crippen LogP contribution in [-0.2, 0) is 9.59 Å². The van der Waals surface area contributed by atoms with Gasteiger partial charge in [-0.2, -0.15) is 0 Å². The molecular formula is C26H20FN5O5. The number of nitrogens with zero attached hydrogens (tertiary/aromatic N) is 4. The third-order valence-electron chi connectivity index (χ3n) is 6.16. The average Bonchev–Trinajstić information content (AvgIpc) is 3.41. The molecule has 2 heterocycles. The fourth-order valence-electron chi connectivity index (χ4n) is 4.33. The number of non-ortho nitro benzene ring substituents is 1. The van der Waals surface area contributed by atoms with Crippen LogP contribution in [0.15, 0.2) is 72.3 Å². The van der Waals surface area contributed by atoms with Crippen LogP contribution in [0, 0.1) is 15.9 Å². The van der Waals surface area contributed by atoms with E-state index in [1.54, 1.807) is 24.3 Å². The number of amides is 1. The van der Waals surface area contributed by atoms with E-state index in [1.807, 2.05) is 19.0 Å². The molecule has 0 saturated carbocycles. The predicted molar refractivity (Wildman–Crippen MR) is 135 cm³/mol. The molecule has 0 spiro atoms. The monoisotopic (exact) mass is 501 g/mol. The zero-order chi connectivity index (χ0) is 26.4. The van der Waals surface area contributed by atoms with Crippen LogP contribution >= 0.6 is 0 Å². The molecule has 3 aromatic carbocycles. The summed E-state index contributed by atoms with van der Waals surface area (Å²) >= 11 is 0. The van der Waals surface area contributed by atoms with Crippen molar-refractivity contribution in [3.05, 3.63) is 99.4 Å². The van der Waals surface area contributed by atoms with Gasteiger partial charge in [0.15, 0.2) is 0 Å². The molecule has 1 aliphatic rings. The molecule has 5 rings (SSSR count). The average molecular weight is 501 g/mol. The summed E-state index contributed by atoms with van der Waals surface area (Å²) in [6.07, 6.45) is 0. The number of hydrogen-bond donors (Lipinski definition) is 2. The highest BCUT2D eigenvalue weighted by atomic mass is 19.1. The Labute approximate surface area is 209 Å². The summed E-state index contributed by atoms with van der Waals surface area (Å²) in [6.45, 7) is 0. The number of halogens is 1. The lowest BCUT2D eigenvalue weighted by molar-refractivity contribution is -0.384. The molecule has 0 bridgehead atoms. The van der Waals surface area contributed by atoms with Gasteiger partial charge in [-0.05, 0) is 35.9 Å². The SMILES string of the molecule is CN(C)c1ccc(C2/C(=C(\O)c3cccc([N+](=O)[O-])c3)C(=O)C(=O)N2c2nc3ccc(F)cc3[nH]2)cc1. The third-order valence-corrected chi connectivity index (χ3v) is 6.16. The first-order valence-electron chi connectivity index (χ1n) is 11.1. The largest absolute Gasteiger partial charge is 0.507 e. The Balaban J connectivity index is 1.72. The molecule has 2 N–H and O–H groups in total. The summed E-state index contributed by atoms with van der Waals surface area (Å²) in [6, 6.07) is 14.9. The summed E-state index contributed by atoms with van der Waals surface area (Å²) in [7, 11) is 3.72. The maximum absolute atomic E-state index is 13.8. The molecule has 1 saturated heterocycles. The first-order chi connectivity index (χ1) is 17.7. The van der Waals surface area contributed by atoms with Gasteiger partial charge in [0.05, 0.1) is 27.6 Å². The molecule has 1 unspecified atom stereocenters. The quantitative estimate of drug-likeness (QED) is 0.137. The number of aromatic amines is 1. The van der Waals surface area contributed by atoms with E-state index in [1.165, 1.54) is 36.4 Å². The molecule has 1 amide bonds. The van der Waals surface area contributed by atoms with Crippen LogP contribution in [0.25, 0.3) is 16.8 Å². The van der Waals surface area contributed by atoms with Crippen molar-refractivity contribution in [2.45, 2.75) is 6.04 Å².